The highest BCUT2D eigenvalue weighted by atomic mass is 32.2. The largest absolute Gasteiger partial charge is 0.411 e. The quantitative estimate of drug-likeness (QED) is 0.517. The van der Waals surface area contributed by atoms with E-state index in [0.717, 1.165) is 17.5 Å². The third kappa shape index (κ3) is 5.70. The van der Waals surface area contributed by atoms with Gasteiger partial charge in [0.05, 0.1) is 11.8 Å². The van der Waals surface area contributed by atoms with E-state index in [1.807, 2.05) is 31.2 Å². The lowest BCUT2D eigenvalue weighted by Gasteiger charge is -2.23. The highest BCUT2D eigenvalue weighted by molar-refractivity contribution is 7.99. The Morgan fingerprint density at radius 2 is 1.76 bits per heavy atom. The predicted octanol–water partition coefficient (Wildman–Crippen LogP) is 5.21. The maximum atomic E-state index is 12.5. The first kappa shape index (κ1) is 21.1. The van der Waals surface area contributed by atoms with Gasteiger partial charge >= 0.3 is 0 Å². The third-order valence-corrected chi connectivity index (χ3v) is 5.58. The van der Waals surface area contributed by atoms with Crippen LogP contribution in [-0.4, -0.2) is 21.9 Å². The smallest absolute Gasteiger partial charge is 0.277 e. The molecule has 5 nitrogen and oxygen atoms in total. The summed E-state index contributed by atoms with van der Waals surface area (Å²) >= 11 is 1.25. The van der Waals surface area contributed by atoms with Crippen molar-refractivity contribution in [1.82, 2.24) is 15.5 Å². The zero-order valence-corrected chi connectivity index (χ0v) is 18.1. The number of aromatic nitrogens is 2. The van der Waals surface area contributed by atoms with Gasteiger partial charge in [-0.15, -0.1) is 10.2 Å². The number of amides is 1. The minimum Gasteiger partial charge on any atom is -0.411 e. The van der Waals surface area contributed by atoms with Crippen LogP contribution in [0.1, 0.15) is 43.5 Å². The summed E-state index contributed by atoms with van der Waals surface area (Å²) in [6.45, 7) is 8.38. The molecule has 0 aliphatic carbocycles. The Morgan fingerprint density at radius 1 is 1.07 bits per heavy atom. The second-order valence-corrected chi connectivity index (χ2v) is 8.34. The molecule has 0 aliphatic heterocycles. The molecule has 6 heteroatoms. The Hall–Kier alpha value is -2.60. The Kier molecular flexibility index (Phi) is 7.09. The molecule has 2 aromatic carbocycles. The number of aryl methyl sites for hydroxylation is 2. The van der Waals surface area contributed by atoms with Gasteiger partial charge in [-0.25, -0.2) is 0 Å². The fourth-order valence-electron chi connectivity index (χ4n) is 3.02. The van der Waals surface area contributed by atoms with Gasteiger partial charge in [0, 0.05) is 5.56 Å². The molecule has 152 valence electrons. The standard InChI is InChI=1S/C23H27N3O2S/c1-5-17-8-12-18(13-9-17)21(15(2)3)24-20(27)14-29-23-26-25-22(28-23)19-10-6-16(4)7-11-19/h6-13,15,21H,5,14H2,1-4H3,(H,24,27)/t21-/m1/s1. The maximum Gasteiger partial charge on any atom is 0.277 e. The third-order valence-electron chi connectivity index (χ3n) is 4.76. The zero-order valence-electron chi connectivity index (χ0n) is 17.3. The van der Waals surface area contributed by atoms with Gasteiger partial charge in [0.2, 0.25) is 11.8 Å². The SMILES string of the molecule is CCc1ccc([C@H](NC(=O)CSc2nnc(-c3ccc(C)cc3)o2)C(C)C)cc1. The molecule has 1 aromatic heterocycles. The molecule has 1 amide bonds. The molecule has 0 aliphatic rings. The van der Waals surface area contributed by atoms with Gasteiger partial charge in [0.15, 0.2) is 0 Å². The lowest BCUT2D eigenvalue weighted by molar-refractivity contribution is -0.119. The van der Waals surface area contributed by atoms with E-state index in [9.17, 15) is 4.79 Å². The maximum absolute atomic E-state index is 12.5. The van der Waals surface area contributed by atoms with E-state index in [1.54, 1.807) is 0 Å². The summed E-state index contributed by atoms with van der Waals surface area (Å²) in [5.74, 6) is 0.923. The first-order valence-corrected chi connectivity index (χ1v) is 10.9. The van der Waals surface area contributed by atoms with Gasteiger partial charge in [0.1, 0.15) is 0 Å². The van der Waals surface area contributed by atoms with Crippen LogP contribution in [0.4, 0.5) is 0 Å². The summed E-state index contributed by atoms with van der Waals surface area (Å²) in [6, 6.07) is 16.3. The molecule has 0 fully saturated rings. The molecule has 0 saturated heterocycles. The Morgan fingerprint density at radius 3 is 2.38 bits per heavy atom. The summed E-state index contributed by atoms with van der Waals surface area (Å²) in [5.41, 5.74) is 4.45. The molecular formula is C23H27N3O2S. The molecule has 3 rings (SSSR count). The molecule has 1 N–H and O–H groups in total. The lowest BCUT2D eigenvalue weighted by atomic mass is 9.95. The Balaban J connectivity index is 1.58. The number of carbonyl (C=O) groups is 1. The molecule has 0 bridgehead atoms. The second-order valence-electron chi connectivity index (χ2n) is 7.41. The van der Waals surface area contributed by atoms with E-state index in [2.05, 4.69) is 60.6 Å². The lowest BCUT2D eigenvalue weighted by Crippen LogP contribution is -2.33. The van der Waals surface area contributed by atoms with Gasteiger partial charge in [-0.1, -0.05) is 74.5 Å². The van der Waals surface area contributed by atoms with Crippen molar-refractivity contribution in [2.45, 2.75) is 45.4 Å². The first-order chi connectivity index (χ1) is 14.0. The molecule has 29 heavy (non-hydrogen) atoms. The zero-order chi connectivity index (χ0) is 20.8. The minimum atomic E-state index is -0.0525. The number of benzene rings is 2. The summed E-state index contributed by atoms with van der Waals surface area (Å²) in [6.07, 6.45) is 1.00. The number of nitrogens with zero attached hydrogens (tertiary/aromatic N) is 2. The van der Waals surface area contributed by atoms with E-state index >= 15 is 0 Å². The number of carbonyl (C=O) groups excluding carboxylic acids is 1. The van der Waals surface area contributed by atoms with Crippen LogP contribution in [0.15, 0.2) is 58.2 Å². The van der Waals surface area contributed by atoms with Crippen LogP contribution in [0.2, 0.25) is 0 Å². The fraction of sp³-hybridized carbons (Fsp3) is 0.348. The molecular weight excluding hydrogens is 382 g/mol. The van der Waals surface area contributed by atoms with E-state index < -0.39 is 0 Å². The number of hydrogen-bond acceptors (Lipinski definition) is 5. The number of hydrogen-bond donors (Lipinski definition) is 1. The van der Waals surface area contributed by atoms with Crippen molar-refractivity contribution in [1.29, 1.82) is 0 Å². The second kappa shape index (κ2) is 9.74. The molecule has 0 unspecified atom stereocenters. The number of nitrogens with one attached hydrogen (secondary N) is 1. The van der Waals surface area contributed by atoms with Crippen molar-refractivity contribution < 1.29 is 9.21 Å². The summed E-state index contributed by atoms with van der Waals surface area (Å²) in [7, 11) is 0. The molecule has 1 atom stereocenters. The molecule has 3 aromatic rings. The van der Waals surface area contributed by atoms with Crippen molar-refractivity contribution in [3.63, 3.8) is 0 Å². The summed E-state index contributed by atoms with van der Waals surface area (Å²) in [5, 5.41) is 11.7. The molecule has 0 saturated carbocycles. The van der Waals surface area contributed by atoms with Gasteiger partial charge in [-0.3, -0.25) is 4.79 Å². The van der Waals surface area contributed by atoms with Gasteiger partial charge in [-0.05, 0) is 42.5 Å². The van der Waals surface area contributed by atoms with Crippen molar-refractivity contribution >= 4 is 17.7 Å². The van der Waals surface area contributed by atoms with Crippen molar-refractivity contribution in [2.75, 3.05) is 5.75 Å². The van der Waals surface area contributed by atoms with Crippen LogP contribution in [-0.2, 0) is 11.2 Å². The Bertz CT molecular complexity index is 934. The number of rotatable bonds is 8. The van der Waals surface area contributed by atoms with Crippen LogP contribution < -0.4 is 5.32 Å². The highest BCUT2D eigenvalue weighted by Gasteiger charge is 2.19. The van der Waals surface area contributed by atoms with Gasteiger partial charge in [-0.2, -0.15) is 0 Å². The van der Waals surface area contributed by atoms with Crippen LogP contribution >= 0.6 is 11.8 Å². The summed E-state index contributed by atoms with van der Waals surface area (Å²) in [4.78, 5) is 12.5. The number of thioether (sulfide) groups is 1. The van der Waals surface area contributed by atoms with Gasteiger partial charge in [0.25, 0.3) is 5.22 Å². The van der Waals surface area contributed by atoms with E-state index in [-0.39, 0.29) is 23.6 Å². The average Bonchev–Trinajstić information content (AvgIpc) is 3.20. The van der Waals surface area contributed by atoms with E-state index in [0.29, 0.717) is 11.1 Å². The minimum absolute atomic E-state index is 0.0280. The highest BCUT2D eigenvalue weighted by Crippen LogP contribution is 2.25. The predicted molar refractivity (Wildman–Crippen MR) is 117 cm³/mol. The monoisotopic (exact) mass is 409 g/mol. The van der Waals surface area contributed by atoms with Crippen LogP contribution in [0, 0.1) is 12.8 Å². The van der Waals surface area contributed by atoms with Crippen LogP contribution in [0.5, 0.6) is 0 Å². The molecule has 0 spiro atoms. The molecule has 1 heterocycles. The normalized spacial score (nSPS) is 12.2. The summed E-state index contributed by atoms with van der Waals surface area (Å²) < 4.78 is 5.68. The van der Waals surface area contributed by atoms with Crippen LogP contribution in [0.3, 0.4) is 0 Å². The Labute approximate surface area is 176 Å². The van der Waals surface area contributed by atoms with E-state index in [4.69, 9.17) is 4.42 Å². The van der Waals surface area contributed by atoms with Crippen molar-refractivity contribution in [3.8, 4) is 11.5 Å². The topological polar surface area (TPSA) is 68.0 Å². The van der Waals surface area contributed by atoms with Crippen LogP contribution in [0.25, 0.3) is 11.5 Å². The fourth-order valence-corrected chi connectivity index (χ4v) is 3.59. The van der Waals surface area contributed by atoms with Gasteiger partial charge < -0.3 is 9.73 Å². The average molecular weight is 410 g/mol. The van der Waals surface area contributed by atoms with Crippen molar-refractivity contribution in [2.24, 2.45) is 5.92 Å². The first-order valence-electron chi connectivity index (χ1n) is 9.87. The van der Waals surface area contributed by atoms with Crippen molar-refractivity contribution in [3.05, 3.63) is 65.2 Å². The van der Waals surface area contributed by atoms with E-state index in [1.165, 1.54) is 22.9 Å². The molecule has 0 radical (unpaired) electrons.